The Kier molecular flexibility index (Phi) is 3.08. The van der Waals surface area contributed by atoms with Crippen LogP contribution in [-0.4, -0.2) is 20.6 Å². The molecule has 0 spiro atoms. The molecule has 104 valence electrons. The fraction of sp³-hybridized carbons (Fsp3) is 0.375. The highest BCUT2D eigenvalue weighted by Crippen LogP contribution is 2.34. The second kappa shape index (κ2) is 4.78. The first-order valence-electron chi connectivity index (χ1n) is 7.00. The van der Waals surface area contributed by atoms with Gasteiger partial charge in [-0.3, -0.25) is 0 Å². The van der Waals surface area contributed by atoms with Gasteiger partial charge in [-0.2, -0.15) is 0 Å². The van der Waals surface area contributed by atoms with E-state index in [1.165, 1.54) is 0 Å². The van der Waals surface area contributed by atoms with Crippen LogP contribution in [0.25, 0.3) is 11.4 Å². The van der Waals surface area contributed by atoms with E-state index in [-0.39, 0.29) is 5.69 Å². The molecule has 0 bridgehead atoms. The van der Waals surface area contributed by atoms with Gasteiger partial charge in [0.05, 0.1) is 5.69 Å². The van der Waals surface area contributed by atoms with E-state index in [1.54, 1.807) is 0 Å². The molecule has 0 saturated heterocycles. The van der Waals surface area contributed by atoms with E-state index in [9.17, 15) is 9.90 Å². The number of fused-ring (bicyclic) bond motifs is 1. The molecule has 2 aromatic rings. The summed E-state index contributed by atoms with van der Waals surface area (Å²) < 4.78 is 2.12. The Morgan fingerprint density at radius 3 is 2.85 bits per heavy atom. The van der Waals surface area contributed by atoms with E-state index in [0.29, 0.717) is 6.04 Å². The number of hydrogen-bond acceptors (Lipinski definition) is 2. The lowest BCUT2D eigenvalue weighted by molar-refractivity contribution is 0.0689. The summed E-state index contributed by atoms with van der Waals surface area (Å²) in [6.07, 6.45) is 2.90. The maximum absolute atomic E-state index is 11.4. The van der Waals surface area contributed by atoms with Crippen LogP contribution in [-0.2, 0) is 6.42 Å². The maximum atomic E-state index is 11.4. The van der Waals surface area contributed by atoms with Gasteiger partial charge in [0.25, 0.3) is 0 Å². The van der Waals surface area contributed by atoms with Gasteiger partial charge in [-0.25, -0.2) is 9.78 Å². The highest BCUT2D eigenvalue weighted by Gasteiger charge is 2.28. The molecule has 1 unspecified atom stereocenters. The number of benzene rings is 1. The molecule has 20 heavy (non-hydrogen) atoms. The van der Waals surface area contributed by atoms with Crippen molar-refractivity contribution in [3.05, 3.63) is 41.2 Å². The number of rotatable bonds is 2. The molecule has 1 aromatic heterocycles. The van der Waals surface area contributed by atoms with Crippen LogP contribution in [0.15, 0.2) is 24.3 Å². The predicted molar refractivity (Wildman–Crippen MR) is 77.0 cm³/mol. The SMILES string of the molecule is Cc1ccccc1-c1nc(C(=O)O)c2n1C(C)CCC2. The van der Waals surface area contributed by atoms with Crippen molar-refractivity contribution in [3.63, 3.8) is 0 Å². The van der Waals surface area contributed by atoms with E-state index in [1.807, 2.05) is 31.2 Å². The number of imidazole rings is 1. The Morgan fingerprint density at radius 2 is 2.15 bits per heavy atom. The number of aromatic carboxylic acids is 1. The van der Waals surface area contributed by atoms with Crippen molar-refractivity contribution >= 4 is 5.97 Å². The highest BCUT2D eigenvalue weighted by molar-refractivity contribution is 5.88. The molecule has 4 nitrogen and oxygen atoms in total. The molecule has 0 amide bonds. The second-order valence-electron chi connectivity index (χ2n) is 5.46. The van der Waals surface area contributed by atoms with Crippen molar-refractivity contribution in [1.29, 1.82) is 0 Å². The van der Waals surface area contributed by atoms with E-state index in [4.69, 9.17) is 0 Å². The molecule has 1 atom stereocenters. The molecule has 1 N–H and O–H groups in total. The third kappa shape index (κ3) is 1.92. The summed E-state index contributed by atoms with van der Waals surface area (Å²) in [5.74, 6) is -0.134. The molecular weight excluding hydrogens is 252 g/mol. The van der Waals surface area contributed by atoms with Crippen molar-refractivity contribution in [3.8, 4) is 11.4 Å². The number of carboxylic acid groups (broad SMARTS) is 1. The van der Waals surface area contributed by atoms with Crippen LogP contribution in [0.3, 0.4) is 0 Å². The van der Waals surface area contributed by atoms with Crippen molar-refractivity contribution < 1.29 is 9.90 Å². The summed E-state index contributed by atoms with van der Waals surface area (Å²) in [7, 11) is 0. The van der Waals surface area contributed by atoms with Gasteiger partial charge in [-0.1, -0.05) is 24.3 Å². The number of hydrogen-bond donors (Lipinski definition) is 1. The van der Waals surface area contributed by atoms with Crippen molar-refractivity contribution in [1.82, 2.24) is 9.55 Å². The maximum Gasteiger partial charge on any atom is 0.356 e. The lowest BCUT2D eigenvalue weighted by Crippen LogP contribution is -2.17. The van der Waals surface area contributed by atoms with Crippen LogP contribution in [0.5, 0.6) is 0 Å². The molecule has 0 radical (unpaired) electrons. The van der Waals surface area contributed by atoms with Gasteiger partial charge < -0.3 is 9.67 Å². The number of carbonyl (C=O) groups is 1. The third-order valence-corrected chi connectivity index (χ3v) is 4.07. The fourth-order valence-electron chi connectivity index (χ4n) is 3.06. The van der Waals surface area contributed by atoms with Crippen molar-refractivity contribution in [2.45, 2.75) is 39.2 Å². The number of aromatic nitrogens is 2. The van der Waals surface area contributed by atoms with E-state index >= 15 is 0 Å². The zero-order valence-electron chi connectivity index (χ0n) is 11.8. The first-order valence-corrected chi connectivity index (χ1v) is 7.00. The predicted octanol–water partition coefficient (Wildman–Crippen LogP) is 3.45. The average molecular weight is 270 g/mol. The van der Waals surface area contributed by atoms with Crippen LogP contribution in [0.4, 0.5) is 0 Å². The number of carboxylic acids is 1. The monoisotopic (exact) mass is 270 g/mol. The molecule has 3 rings (SSSR count). The molecule has 0 saturated carbocycles. The average Bonchev–Trinajstić information content (AvgIpc) is 2.80. The summed E-state index contributed by atoms with van der Waals surface area (Å²) in [6, 6.07) is 8.30. The van der Waals surface area contributed by atoms with Crippen LogP contribution in [0.1, 0.15) is 47.6 Å². The lowest BCUT2D eigenvalue weighted by Gasteiger charge is -2.24. The zero-order chi connectivity index (χ0) is 14.3. The number of aryl methyl sites for hydroxylation is 1. The summed E-state index contributed by atoms with van der Waals surface area (Å²) >= 11 is 0. The van der Waals surface area contributed by atoms with Gasteiger partial charge in [0.1, 0.15) is 5.82 Å². The Balaban J connectivity index is 2.26. The summed E-state index contributed by atoms with van der Waals surface area (Å²) in [5.41, 5.74) is 3.23. The Bertz CT molecular complexity index is 673. The van der Waals surface area contributed by atoms with Crippen molar-refractivity contribution in [2.24, 2.45) is 0 Å². The van der Waals surface area contributed by atoms with E-state index in [2.05, 4.69) is 16.5 Å². The van der Waals surface area contributed by atoms with Gasteiger partial charge in [-0.05, 0) is 38.7 Å². The first kappa shape index (κ1) is 12.9. The lowest BCUT2D eigenvalue weighted by atomic mass is 10.0. The van der Waals surface area contributed by atoms with Crippen LogP contribution >= 0.6 is 0 Å². The van der Waals surface area contributed by atoms with Crippen LogP contribution < -0.4 is 0 Å². The molecule has 0 aliphatic carbocycles. The molecule has 1 aliphatic rings. The highest BCUT2D eigenvalue weighted by atomic mass is 16.4. The molecular formula is C16H18N2O2. The van der Waals surface area contributed by atoms with Gasteiger partial charge in [0.15, 0.2) is 5.69 Å². The minimum absolute atomic E-state index is 0.217. The molecule has 1 aliphatic heterocycles. The number of nitrogens with zero attached hydrogens (tertiary/aromatic N) is 2. The standard InChI is InChI=1S/C16H18N2O2/c1-10-6-3-4-8-12(10)15-17-14(16(19)20)13-9-5-7-11(2)18(13)15/h3-4,6,8,11H,5,7,9H2,1-2H3,(H,19,20). The summed E-state index contributed by atoms with van der Waals surface area (Å²) in [6.45, 7) is 4.17. The van der Waals surface area contributed by atoms with Crippen molar-refractivity contribution in [2.75, 3.05) is 0 Å². The van der Waals surface area contributed by atoms with Gasteiger partial charge >= 0.3 is 5.97 Å². The van der Waals surface area contributed by atoms with Crippen LogP contribution in [0, 0.1) is 6.92 Å². The molecule has 0 fully saturated rings. The van der Waals surface area contributed by atoms with Gasteiger partial charge in [0, 0.05) is 11.6 Å². The topological polar surface area (TPSA) is 55.1 Å². The largest absolute Gasteiger partial charge is 0.476 e. The molecule has 4 heteroatoms. The van der Waals surface area contributed by atoms with Crippen LogP contribution in [0.2, 0.25) is 0 Å². The molecule has 1 aromatic carbocycles. The van der Waals surface area contributed by atoms with E-state index < -0.39 is 5.97 Å². The minimum atomic E-state index is -0.928. The zero-order valence-corrected chi connectivity index (χ0v) is 11.8. The third-order valence-electron chi connectivity index (χ3n) is 4.07. The smallest absolute Gasteiger partial charge is 0.356 e. The Morgan fingerprint density at radius 1 is 1.40 bits per heavy atom. The van der Waals surface area contributed by atoms with E-state index in [0.717, 1.165) is 41.9 Å². The minimum Gasteiger partial charge on any atom is -0.476 e. The Labute approximate surface area is 118 Å². The fourth-order valence-corrected chi connectivity index (χ4v) is 3.06. The van der Waals surface area contributed by atoms with Gasteiger partial charge in [-0.15, -0.1) is 0 Å². The Hall–Kier alpha value is -2.10. The van der Waals surface area contributed by atoms with Gasteiger partial charge in [0.2, 0.25) is 0 Å². The normalized spacial score (nSPS) is 17.8. The first-order chi connectivity index (χ1) is 9.59. The second-order valence-corrected chi connectivity index (χ2v) is 5.46. The quantitative estimate of drug-likeness (QED) is 0.909. The summed E-state index contributed by atoms with van der Waals surface area (Å²) in [4.78, 5) is 15.9. The summed E-state index contributed by atoms with van der Waals surface area (Å²) in [5, 5.41) is 9.38. The molecule has 2 heterocycles.